The van der Waals surface area contributed by atoms with Crippen molar-refractivity contribution in [1.29, 1.82) is 0 Å². The van der Waals surface area contributed by atoms with Crippen molar-refractivity contribution in [3.8, 4) is 0 Å². The number of esters is 1. The largest absolute Gasteiger partial charge is 0.462 e. The highest BCUT2D eigenvalue weighted by Gasteiger charge is 2.22. The zero-order chi connectivity index (χ0) is 18.5. The summed E-state index contributed by atoms with van der Waals surface area (Å²) < 4.78 is 5.09. The molecule has 5 heteroatoms. The second kappa shape index (κ2) is 12.6. The number of ether oxygens (including phenoxy) is 1. The molecule has 0 spiro atoms. The highest BCUT2D eigenvalue weighted by atomic mass is 16.5. The van der Waals surface area contributed by atoms with Crippen LogP contribution < -0.4 is 0 Å². The normalized spacial score (nSPS) is 17.0. The maximum absolute atomic E-state index is 11.8. The lowest BCUT2D eigenvalue weighted by Crippen LogP contribution is -2.08. The molecule has 5 nitrogen and oxygen atoms in total. The fraction of sp³-hybridized carbons (Fsp3) is 0.700. The first-order chi connectivity index (χ1) is 12.0. The molecule has 0 radical (unpaired) electrons. The number of carbonyl (C=O) groups excluding carboxylic acids is 4. The summed E-state index contributed by atoms with van der Waals surface area (Å²) in [6.07, 6.45) is 10.4. The first-order valence-corrected chi connectivity index (χ1v) is 9.43. The van der Waals surface area contributed by atoms with E-state index in [4.69, 9.17) is 4.74 Å². The van der Waals surface area contributed by atoms with Crippen molar-refractivity contribution in [2.45, 2.75) is 90.1 Å². The molecule has 0 aromatic rings. The molecule has 1 rings (SSSR count). The van der Waals surface area contributed by atoms with E-state index in [1.165, 1.54) is 6.08 Å². The molecule has 1 aliphatic heterocycles. The van der Waals surface area contributed by atoms with Gasteiger partial charge in [-0.1, -0.05) is 25.8 Å². The molecule has 0 N–H and O–H groups in total. The van der Waals surface area contributed by atoms with E-state index in [9.17, 15) is 19.2 Å². The molecule has 25 heavy (non-hydrogen) atoms. The van der Waals surface area contributed by atoms with Gasteiger partial charge in [0.1, 0.15) is 17.7 Å². The number of hydrogen-bond acceptors (Lipinski definition) is 5. The minimum atomic E-state index is -0.155. The standard InChI is InChI=1S/C20H30O5/c1-2-3-4-7-16(21)8-5-9-17(22)12-13-18(23)10-6-11-19-14-15-20(24)25-19/h5,9,19H,2-4,6-8,10-15H2,1H3. The predicted octanol–water partition coefficient (Wildman–Crippen LogP) is 3.88. The third kappa shape index (κ3) is 10.6. The van der Waals surface area contributed by atoms with Crippen molar-refractivity contribution in [2.24, 2.45) is 0 Å². The van der Waals surface area contributed by atoms with Gasteiger partial charge in [-0.15, -0.1) is 0 Å². The second-order valence-electron chi connectivity index (χ2n) is 6.65. The van der Waals surface area contributed by atoms with Crippen molar-refractivity contribution >= 4 is 23.3 Å². The third-order valence-corrected chi connectivity index (χ3v) is 4.31. The quantitative estimate of drug-likeness (QED) is 0.270. The summed E-state index contributed by atoms with van der Waals surface area (Å²) in [5, 5.41) is 0. The SMILES string of the molecule is CCCCCC(=O)CC=CC(=O)CCC(=O)CCCC1CCC(=O)O1. The average molecular weight is 350 g/mol. The Morgan fingerprint density at radius 1 is 1.04 bits per heavy atom. The maximum atomic E-state index is 11.8. The summed E-state index contributed by atoms with van der Waals surface area (Å²) in [6, 6.07) is 0. The molecule has 1 unspecified atom stereocenters. The molecule has 0 aliphatic carbocycles. The van der Waals surface area contributed by atoms with Gasteiger partial charge in [0, 0.05) is 38.5 Å². The Morgan fingerprint density at radius 2 is 1.80 bits per heavy atom. The van der Waals surface area contributed by atoms with Crippen molar-refractivity contribution in [2.75, 3.05) is 0 Å². The zero-order valence-electron chi connectivity index (χ0n) is 15.3. The lowest BCUT2D eigenvalue weighted by atomic mass is 10.0. The van der Waals surface area contributed by atoms with E-state index in [0.29, 0.717) is 38.5 Å². The Balaban J connectivity index is 2.06. The molecular weight excluding hydrogens is 320 g/mol. The number of carbonyl (C=O) groups is 4. The van der Waals surface area contributed by atoms with Crippen molar-refractivity contribution in [3.05, 3.63) is 12.2 Å². The molecule has 0 saturated carbocycles. The summed E-state index contributed by atoms with van der Waals surface area (Å²) in [6.45, 7) is 2.09. The van der Waals surface area contributed by atoms with E-state index in [1.54, 1.807) is 6.08 Å². The van der Waals surface area contributed by atoms with Crippen LogP contribution in [0.15, 0.2) is 12.2 Å². The van der Waals surface area contributed by atoms with Gasteiger partial charge in [0.25, 0.3) is 0 Å². The number of Topliss-reactive ketones (excluding diaryl/α,β-unsaturated/α-hetero) is 2. The van der Waals surface area contributed by atoms with Crippen LogP contribution in [0.2, 0.25) is 0 Å². The van der Waals surface area contributed by atoms with Gasteiger partial charge in [-0.2, -0.15) is 0 Å². The van der Waals surface area contributed by atoms with Gasteiger partial charge >= 0.3 is 5.97 Å². The summed E-state index contributed by atoms with van der Waals surface area (Å²) >= 11 is 0. The minimum Gasteiger partial charge on any atom is -0.462 e. The maximum Gasteiger partial charge on any atom is 0.306 e. The summed E-state index contributed by atoms with van der Waals surface area (Å²) in [4.78, 5) is 46.0. The van der Waals surface area contributed by atoms with Gasteiger partial charge in [-0.3, -0.25) is 19.2 Å². The van der Waals surface area contributed by atoms with Crippen LogP contribution in [-0.4, -0.2) is 29.4 Å². The summed E-state index contributed by atoms with van der Waals surface area (Å²) in [7, 11) is 0. The van der Waals surface area contributed by atoms with Gasteiger partial charge in [-0.05, 0) is 31.8 Å². The van der Waals surface area contributed by atoms with Gasteiger partial charge < -0.3 is 4.74 Å². The molecule has 140 valence electrons. The average Bonchev–Trinajstić information content (AvgIpc) is 2.98. The van der Waals surface area contributed by atoms with Gasteiger partial charge in [-0.25, -0.2) is 0 Å². The van der Waals surface area contributed by atoms with Crippen molar-refractivity contribution < 1.29 is 23.9 Å². The predicted molar refractivity (Wildman–Crippen MR) is 95.1 cm³/mol. The number of unbranched alkanes of at least 4 members (excludes halogenated alkanes) is 2. The Morgan fingerprint density at radius 3 is 2.48 bits per heavy atom. The Hall–Kier alpha value is -1.78. The first kappa shape index (κ1) is 21.3. The fourth-order valence-electron chi connectivity index (χ4n) is 2.78. The molecule has 1 atom stereocenters. The highest BCUT2D eigenvalue weighted by molar-refractivity contribution is 5.93. The molecule has 0 aromatic heterocycles. The Bertz CT molecular complexity index is 492. The second-order valence-corrected chi connectivity index (χ2v) is 6.65. The monoisotopic (exact) mass is 350 g/mol. The molecule has 0 amide bonds. The third-order valence-electron chi connectivity index (χ3n) is 4.31. The van der Waals surface area contributed by atoms with Crippen LogP contribution in [0.25, 0.3) is 0 Å². The molecule has 1 heterocycles. The van der Waals surface area contributed by atoms with Gasteiger partial charge in [0.05, 0.1) is 0 Å². The van der Waals surface area contributed by atoms with Crippen LogP contribution in [0.5, 0.6) is 0 Å². The minimum absolute atomic E-state index is 0.0419. The molecular formula is C20H30O5. The molecule has 1 fully saturated rings. The van der Waals surface area contributed by atoms with E-state index in [0.717, 1.165) is 25.7 Å². The van der Waals surface area contributed by atoms with Crippen LogP contribution in [0.4, 0.5) is 0 Å². The topological polar surface area (TPSA) is 77.5 Å². The van der Waals surface area contributed by atoms with E-state index in [2.05, 4.69) is 6.92 Å². The van der Waals surface area contributed by atoms with Gasteiger partial charge in [0.15, 0.2) is 5.78 Å². The number of ketones is 3. The fourth-order valence-corrected chi connectivity index (χ4v) is 2.78. The zero-order valence-corrected chi connectivity index (χ0v) is 15.3. The Labute approximate surface area is 150 Å². The Kier molecular flexibility index (Phi) is 10.7. The number of rotatable bonds is 14. The lowest BCUT2D eigenvalue weighted by Gasteiger charge is -2.07. The van der Waals surface area contributed by atoms with Crippen molar-refractivity contribution in [3.63, 3.8) is 0 Å². The molecule has 1 saturated heterocycles. The van der Waals surface area contributed by atoms with Crippen LogP contribution >= 0.6 is 0 Å². The smallest absolute Gasteiger partial charge is 0.306 e. The lowest BCUT2D eigenvalue weighted by molar-refractivity contribution is -0.141. The van der Waals surface area contributed by atoms with E-state index in [1.807, 2.05) is 0 Å². The number of cyclic esters (lactones) is 1. The van der Waals surface area contributed by atoms with Crippen molar-refractivity contribution in [1.82, 2.24) is 0 Å². The molecule has 1 aliphatic rings. The molecule has 0 bridgehead atoms. The highest BCUT2D eigenvalue weighted by Crippen LogP contribution is 2.19. The van der Waals surface area contributed by atoms with Crippen LogP contribution in [0.3, 0.4) is 0 Å². The van der Waals surface area contributed by atoms with Gasteiger partial charge in [0.2, 0.25) is 0 Å². The first-order valence-electron chi connectivity index (χ1n) is 9.43. The number of allylic oxidation sites excluding steroid dienone is 2. The van der Waals surface area contributed by atoms with E-state index < -0.39 is 0 Å². The summed E-state index contributed by atoms with van der Waals surface area (Å²) in [5.41, 5.74) is 0. The number of hydrogen-bond donors (Lipinski definition) is 0. The van der Waals surface area contributed by atoms with Crippen LogP contribution in [0.1, 0.15) is 84.0 Å². The molecule has 0 aromatic carbocycles. The summed E-state index contributed by atoms with van der Waals surface area (Å²) in [5.74, 6) is -0.0557. The van der Waals surface area contributed by atoms with Crippen LogP contribution in [-0.2, 0) is 23.9 Å². The van der Waals surface area contributed by atoms with E-state index in [-0.39, 0.29) is 42.3 Å². The van der Waals surface area contributed by atoms with Crippen LogP contribution in [0, 0.1) is 0 Å². The van der Waals surface area contributed by atoms with E-state index >= 15 is 0 Å².